The third kappa shape index (κ3) is 3.72. The second-order valence-electron chi connectivity index (χ2n) is 7.20. The predicted octanol–water partition coefficient (Wildman–Crippen LogP) is 1.98. The van der Waals surface area contributed by atoms with Crippen molar-refractivity contribution in [3.63, 3.8) is 0 Å². The van der Waals surface area contributed by atoms with Crippen LogP contribution in [0.25, 0.3) is 0 Å². The molecule has 4 bridgehead atoms. The van der Waals surface area contributed by atoms with Crippen molar-refractivity contribution in [3.8, 4) is 0 Å². The minimum absolute atomic E-state index is 0. The Labute approximate surface area is 134 Å². The number of ether oxygens (including phenoxy) is 1. The largest absolute Gasteiger partial charge is 0.383 e. The van der Waals surface area contributed by atoms with Crippen LogP contribution in [0.2, 0.25) is 0 Å². The molecule has 5 heteroatoms. The van der Waals surface area contributed by atoms with E-state index in [9.17, 15) is 4.79 Å². The summed E-state index contributed by atoms with van der Waals surface area (Å²) in [6, 6.07) is 0. The van der Waals surface area contributed by atoms with Crippen LogP contribution in [0.5, 0.6) is 0 Å². The molecule has 21 heavy (non-hydrogen) atoms. The van der Waals surface area contributed by atoms with Crippen LogP contribution in [0.4, 0.5) is 0 Å². The van der Waals surface area contributed by atoms with Crippen molar-refractivity contribution in [1.29, 1.82) is 0 Å². The van der Waals surface area contributed by atoms with E-state index in [-0.39, 0.29) is 17.8 Å². The van der Waals surface area contributed by atoms with E-state index >= 15 is 0 Å². The van der Waals surface area contributed by atoms with Crippen LogP contribution in [-0.4, -0.2) is 39.3 Å². The van der Waals surface area contributed by atoms with Gasteiger partial charge in [-0.3, -0.25) is 4.79 Å². The molecule has 4 aliphatic rings. The average Bonchev–Trinajstić information content (AvgIpc) is 2.41. The van der Waals surface area contributed by atoms with Crippen LogP contribution < -0.4 is 10.6 Å². The maximum atomic E-state index is 12.6. The lowest BCUT2D eigenvalue weighted by Crippen LogP contribution is -2.54. The van der Waals surface area contributed by atoms with Gasteiger partial charge in [-0.2, -0.15) is 0 Å². The second kappa shape index (κ2) is 7.30. The Bertz CT molecular complexity index is 327. The molecular weight excluding hydrogens is 288 g/mol. The molecule has 0 aliphatic heterocycles. The number of carbonyl (C=O) groups is 1. The zero-order chi connectivity index (χ0) is 14.0. The molecule has 0 saturated heterocycles. The lowest BCUT2D eigenvalue weighted by atomic mass is 9.49. The quantitative estimate of drug-likeness (QED) is 0.706. The molecule has 4 rings (SSSR count). The van der Waals surface area contributed by atoms with Gasteiger partial charge >= 0.3 is 0 Å². The van der Waals surface area contributed by atoms with Gasteiger partial charge in [0.2, 0.25) is 5.91 Å². The Balaban J connectivity index is 0.00000161. The summed E-state index contributed by atoms with van der Waals surface area (Å²) in [6.07, 6.45) is 7.65. The van der Waals surface area contributed by atoms with Gasteiger partial charge in [0, 0.05) is 32.2 Å². The van der Waals surface area contributed by atoms with Crippen LogP contribution in [0.15, 0.2) is 0 Å². The highest BCUT2D eigenvalue weighted by Crippen LogP contribution is 2.60. The fraction of sp³-hybridized carbons (Fsp3) is 0.938. The van der Waals surface area contributed by atoms with Crippen molar-refractivity contribution in [2.24, 2.45) is 23.2 Å². The summed E-state index contributed by atoms with van der Waals surface area (Å²) < 4.78 is 4.98. The molecule has 4 saturated carbocycles. The fourth-order valence-electron chi connectivity index (χ4n) is 5.14. The highest BCUT2D eigenvalue weighted by molar-refractivity contribution is 5.85. The lowest BCUT2D eigenvalue weighted by Gasteiger charge is -2.55. The Morgan fingerprint density at radius 1 is 1.05 bits per heavy atom. The number of nitrogens with one attached hydrogen (secondary N) is 2. The summed E-state index contributed by atoms with van der Waals surface area (Å²) >= 11 is 0. The standard InChI is InChI=1S/C16H28N2O2.ClH/c1-20-5-4-17-2-3-18-15(19)16-9-12-6-13(10-16)8-14(7-12)11-16;/h12-14,17H,2-11H2,1H3,(H,18,19);1H. The molecule has 2 N–H and O–H groups in total. The van der Waals surface area contributed by atoms with E-state index in [2.05, 4.69) is 10.6 Å². The molecule has 0 aromatic carbocycles. The van der Waals surface area contributed by atoms with E-state index < -0.39 is 0 Å². The summed E-state index contributed by atoms with van der Waals surface area (Å²) in [5, 5.41) is 6.45. The molecule has 0 aromatic heterocycles. The van der Waals surface area contributed by atoms with Crippen LogP contribution in [-0.2, 0) is 9.53 Å². The Hall–Kier alpha value is -0.320. The van der Waals surface area contributed by atoms with Crippen LogP contribution >= 0.6 is 12.4 Å². The number of methoxy groups -OCH3 is 1. The van der Waals surface area contributed by atoms with Gasteiger partial charge in [0.05, 0.1) is 6.61 Å². The third-order valence-electron chi connectivity index (χ3n) is 5.59. The third-order valence-corrected chi connectivity index (χ3v) is 5.59. The van der Waals surface area contributed by atoms with E-state index in [0.29, 0.717) is 5.91 Å². The summed E-state index contributed by atoms with van der Waals surface area (Å²) in [5.74, 6) is 2.86. The van der Waals surface area contributed by atoms with Crippen LogP contribution in [0.1, 0.15) is 38.5 Å². The smallest absolute Gasteiger partial charge is 0.226 e. The van der Waals surface area contributed by atoms with E-state index in [4.69, 9.17) is 4.74 Å². The van der Waals surface area contributed by atoms with E-state index in [1.54, 1.807) is 7.11 Å². The van der Waals surface area contributed by atoms with Gasteiger partial charge in [-0.25, -0.2) is 0 Å². The average molecular weight is 317 g/mol. The normalized spacial score (nSPS) is 36.3. The van der Waals surface area contributed by atoms with Gasteiger partial charge in [-0.15, -0.1) is 12.4 Å². The lowest BCUT2D eigenvalue weighted by molar-refractivity contribution is -0.146. The molecule has 122 valence electrons. The zero-order valence-corrected chi connectivity index (χ0v) is 13.8. The molecule has 4 nitrogen and oxygen atoms in total. The molecule has 0 atom stereocenters. The van der Waals surface area contributed by atoms with Crippen LogP contribution in [0.3, 0.4) is 0 Å². The van der Waals surface area contributed by atoms with Gasteiger partial charge in [0.1, 0.15) is 0 Å². The minimum Gasteiger partial charge on any atom is -0.383 e. The predicted molar refractivity (Wildman–Crippen MR) is 85.6 cm³/mol. The Morgan fingerprint density at radius 3 is 2.14 bits per heavy atom. The summed E-state index contributed by atoms with van der Waals surface area (Å²) in [7, 11) is 1.70. The first kappa shape index (κ1) is 17.0. The summed E-state index contributed by atoms with van der Waals surface area (Å²) in [5.41, 5.74) is 0.00127. The van der Waals surface area contributed by atoms with Crippen molar-refractivity contribution >= 4 is 18.3 Å². The summed E-state index contributed by atoms with van der Waals surface area (Å²) in [6.45, 7) is 3.15. The van der Waals surface area contributed by atoms with E-state index in [1.165, 1.54) is 19.3 Å². The molecule has 0 heterocycles. The summed E-state index contributed by atoms with van der Waals surface area (Å²) in [4.78, 5) is 12.6. The fourth-order valence-corrected chi connectivity index (χ4v) is 5.14. The Kier molecular flexibility index (Phi) is 5.92. The van der Waals surface area contributed by atoms with Gasteiger partial charge in [0.15, 0.2) is 0 Å². The van der Waals surface area contributed by atoms with Crippen LogP contribution in [0, 0.1) is 23.2 Å². The first-order valence-electron chi connectivity index (χ1n) is 8.20. The number of amides is 1. The molecule has 0 radical (unpaired) electrons. The van der Waals surface area contributed by atoms with Crippen molar-refractivity contribution in [3.05, 3.63) is 0 Å². The number of rotatable bonds is 7. The Morgan fingerprint density at radius 2 is 1.62 bits per heavy atom. The second-order valence-corrected chi connectivity index (χ2v) is 7.20. The number of carbonyl (C=O) groups excluding carboxylic acids is 1. The molecule has 1 amide bonds. The number of halogens is 1. The SMILES string of the molecule is COCCNCCNC(=O)C12CC3CC(CC(C3)C1)C2.Cl. The first-order valence-corrected chi connectivity index (χ1v) is 8.20. The zero-order valence-electron chi connectivity index (χ0n) is 13.0. The molecule has 0 aromatic rings. The molecule has 4 fully saturated rings. The minimum atomic E-state index is 0. The maximum Gasteiger partial charge on any atom is 0.226 e. The van der Waals surface area contributed by atoms with Crippen molar-refractivity contribution in [2.45, 2.75) is 38.5 Å². The van der Waals surface area contributed by atoms with Crippen molar-refractivity contribution in [2.75, 3.05) is 33.4 Å². The molecule has 0 spiro atoms. The van der Waals surface area contributed by atoms with Crippen molar-refractivity contribution in [1.82, 2.24) is 10.6 Å². The van der Waals surface area contributed by atoms with E-state index in [1.807, 2.05) is 0 Å². The highest BCUT2D eigenvalue weighted by atomic mass is 35.5. The molecule has 4 aliphatic carbocycles. The monoisotopic (exact) mass is 316 g/mol. The van der Waals surface area contributed by atoms with Gasteiger partial charge in [-0.1, -0.05) is 0 Å². The van der Waals surface area contributed by atoms with Crippen molar-refractivity contribution < 1.29 is 9.53 Å². The number of hydrogen-bond acceptors (Lipinski definition) is 3. The molecule has 0 unspecified atom stereocenters. The topological polar surface area (TPSA) is 50.4 Å². The van der Waals surface area contributed by atoms with Gasteiger partial charge in [-0.05, 0) is 56.3 Å². The first-order chi connectivity index (χ1) is 9.72. The van der Waals surface area contributed by atoms with Gasteiger partial charge in [0.25, 0.3) is 0 Å². The number of hydrogen-bond donors (Lipinski definition) is 2. The van der Waals surface area contributed by atoms with E-state index in [0.717, 1.165) is 63.3 Å². The maximum absolute atomic E-state index is 12.6. The molecular formula is C16H29ClN2O2. The van der Waals surface area contributed by atoms with Gasteiger partial charge < -0.3 is 15.4 Å². The highest BCUT2D eigenvalue weighted by Gasteiger charge is 2.54.